The van der Waals surface area contributed by atoms with Crippen LogP contribution >= 0.6 is 0 Å². The van der Waals surface area contributed by atoms with E-state index < -0.39 is 23.5 Å². The molecule has 140 valence electrons. The Hall–Kier alpha value is -3.35. The smallest absolute Gasteiger partial charge is 0.344 e. The molecule has 1 atom stereocenters. The largest absolute Gasteiger partial charge is 0.548 e. The molecule has 1 heterocycles. The molecule has 0 saturated heterocycles. The normalized spacial score (nSPS) is 12.0. The van der Waals surface area contributed by atoms with Gasteiger partial charge in [0.2, 0.25) is 0 Å². The molecule has 7 heteroatoms. The first-order valence-corrected chi connectivity index (χ1v) is 8.58. The summed E-state index contributed by atoms with van der Waals surface area (Å²) in [5.41, 5.74) is -0.112. The van der Waals surface area contributed by atoms with E-state index in [1.165, 1.54) is 6.07 Å². The van der Waals surface area contributed by atoms with Crippen LogP contribution in [0.1, 0.15) is 19.8 Å². The monoisotopic (exact) mass is 368 g/mol. The number of hydrogen-bond donors (Lipinski definition) is 1. The third-order valence-electron chi connectivity index (χ3n) is 4.16. The highest BCUT2D eigenvalue weighted by Crippen LogP contribution is 2.26. The van der Waals surface area contributed by atoms with Gasteiger partial charge in [0.1, 0.15) is 11.3 Å². The van der Waals surface area contributed by atoms with Crippen LogP contribution < -0.4 is 20.8 Å². The zero-order chi connectivity index (χ0) is 19.4. The number of carboxylic acid groups (broad SMARTS) is 1. The van der Waals surface area contributed by atoms with Crippen molar-refractivity contribution >= 4 is 33.6 Å². The molecule has 0 spiro atoms. The van der Waals surface area contributed by atoms with Crippen molar-refractivity contribution in [1.29, 1.82) is 0 Å². The number of ether oxygens (including phenoxy) is 1. The lowest BCUT2D eigenvalue weighted by Gasteiger charge is -2.19. The molecule has 3 aromatic rings. The van der Waals surface area contributed by atoms with Crippen LogP contribution in [-0.2, 0) is 9.59 Å². The summed E-state index contributed by atoms with van der Waals surface area (Å²) >= 11 is 0. The molecule has 0 aliphatic heterocycles. The molecule has 1 aromatic heterocycles. The lowest BCUT2D eigenvalue weighted by atomic mass is 10.1. The minimum atomic E-state index is -1.33. The number of aliphatic carboxylic acids is 1. The van der Waals surface area contributed by atoms with Gasteiger partial charge in [-0.3, -0.25) is 4.79 Å². The summed E-state index contributed by atoms with van der Waals surface area (Å²) in [6, 6.07) is 11.0. The fourth-order valence-corrected chi connectivity index (χ4v) is 2.87. The van der Waals surface area contributed by atoms with Gasteiger partial charge in [-0.15, -0.1) is 0 Å². The Kier molecular flexibility index (Phi) is 5.40. The summed E-state index contributed by atoms with van der Waals surface area (Å²) in [7, 11) is 0. The van der Waals surface area contributed by atoms with Crippen LogP contribution in [0.15, 0.2) is 51.7 Å². The second-order valence-corrected chi connectivity index (χ2v) is 6.11. The van der Waals surface area contributed by atoms with E-state index in [0.717, 1.165) is 10.8 Å². The van der Waals surface area contributed by atoms with Gasteiger partial charge in [0.15, 0.2) is 6.61 Å². The lowest BCUT2D eigenvalue weighted by Crippen LogP contribution is -2.49. The lowest BCUT2D eigenvalue weighted by molar-refractivity contribution is -0.308. The van der Waals surface area contributed by atoms with E-state index in [2.05, 4.69) is 5.32 Å². The van der Waals surface area contributed by atoms with Gasteiger partial charge in [-0.1, -0.05) is 31.5 Å². The molecule has 3 rings (SSSR count). The van der Waals surface area contributed by atoms with E-state index in [1.54, 1.807) is 24.3 Å². The number of carbonyl (C=O) groups is 2. The molecular weight excluding hydrogens is 350 g/mol. The van der Waals surface area contributed by atoms with Gasteiger partial charge in [-0.25, -0.2) is 4.79 Å². The number of nitrogens with one attached hydrogen (secondary N) is 1. The van der Waals surface area contributed by atoms with Crippen molar-refractivity contribution in [2.45, 2.75) is 25.8 Å². The second kappa shape index (κ2) is 7.90. The van der Waals surface area contributed by atoms with Gasteiger partial charge in [0.25, 0.3) is 5.91 Å². The maximum atomic E-state index is 12.1. The standard InChI is InChI=1S/C20H19NO6/c1-2-5-16(19(23)24)21-18(22)11-26-12-8-9-14-13-6-3-4-7-15(13)20(25)27-17(14)10-12/h3-4,6-10,16H,2,5,11H2,1H3,(H,21,22)(H,23,24)/p-1/t16-/m0/s1. The third-order valence-corrected chi connectivity index (χ3v) is 4.16. The minimum Gasteiger partial charge on any atom is -0.548 e. The predicted octanol–water partition coefficient (Wildman–Crippen LogP) is 1.36. The minimum absolute atomic E-state index is 0.280. The highest BCUT2D eigenvalue weighted by Gasteiger charge is 2.13. The number of benzene rings is 2. The van der Waals surface area contributed by atoms with E-state index >= 15 is 0 Å². The fourth-order valence-electron chi connectivity index (χ4n) is 2.87. The third kappa shape index (κ3) is 4.08. The summed E-state index contributed by atoms with van der Waals surface area (Å²) in [6.07, 6.45) is 0.875. The SMILES string of the molecule is CCC[C@H](NC(=O)COc1ccc2c(c1)oc(=O)c1ccccc12)C(=O)[O-]. The van der Waals surface area contributed by atoms with Gasteiger partial charge in [-0.05, 0) is 30.0 Å². The van der Waals surface area contributed by atoms with Crippen molar-refractivity contribution in [1.82, 2.24) is 5.32 Å². The maximum absolute atomic E-state index is 12.1. The van der Waals surface area contributed by atoms with Crippen LogP contribution in [0.3, 0.4) is 0 Å². The fraction of sp³-hybridized carbons (Fsp3) is 0.250. The summed E-state index contributed by atoms with van der Waals surface area (Å²) in [5.74, 6) is -1.57. The number of carboxylic acids is 1. The summed E-state index contributed by atoms with van der Waals surface area (Å²) in [6.45, 7) is 1.45. The van der Waals surface area contributed by atoms with Gasteiger partial charge in [-0.2, -0.15) is 0 Å². The molecule has 0 aliphatic rings. The molecule has 0 radical (unpaired) electrons. The van der Waals surface area contributed by atoms with Crippen LogP contribution in [-0.4, -0.2) is 24.5 Å². The molecule has 2 aromatic carbocycles. The molecule has 27 heavy (non-hydrogen) atoms. The van der Waals surface area contributed by atoms with Crippen molar-refractivity contribution < 1.29 is 23.8 Å². The van der Waals surface area contributed by atoms with E-state index in [-0.39, 0.29) is 13.0 Å². The number of carbonyl (C=O) groups excluding carboxylic acids is 2. The van der Waals surface area contributed by atoms with Crippen LogP contribution in [0.4, 0.5) is 0 Å². The van der Waals surface area contributed by atoms with Crippen LogP contribution in [0.2, 0.25) is 0 Å². The molecule has 0 fully saturated rings. The number of hydrogen-bond acceptors (Lipinski definition) is 6. The number of rotatable bonds is 7. The Bertz CT molecular complexity index is 1060. The van der Waals surface area contributed by atoms with Crippen LogP contribution in [0.5, 0.6) is 5.75 Å². The quantitative estimate of drug-likeness (QED) is 0.498. The Morgan fingerprint density at radius 3 is 2.59 bits per heavy atom. The maximum Gasteiger partial charge on any atom is 0.344 e. The average Bonchev–Trinajstić information content (AvgIpc) is 2.66. The summed E-state index contributed by atoms with van der Waals surface area (Å²) in [4.78, 5) is 35.0. The first-order valence-electron chi connectivity index (χ1n) is 8.58. The van der Waals surface area contributed by atoms with Crippen LogP contribution in [0, 0.1) is 0 Å². The molecule has 0 saturated carbocycles. The Labute approximate surface area is 154 Å². The predicted molar refractivity (Wildman–Crippen MR) is 97.3 cm³/mol. The van der Waals surface area contributed by atoms with E-state index in [0.29, 0.717) is 23.1 Å². The molecule has 0 aliphatic carbocycles. The van der Waals surface area contributed by atoms with Gasteiger partial charge in [0, 0.05) is 11.5 Å². The van der Waals surface area contributed by atoms with Crippen molar-refractivity contribution in [3.8, 4) is 5.75 Å². The first kappa shape index (κ1) is 18.4. The Morgan fingerprint density at radius 2 is 1.89 bits per heavy atom. The van der Waals surface area contributed by atoms with E-state index in [9.17, 15) is 19.5 Å². The number of amides is 1. The molecule has 1 amide bonds. The van der Waals surface area contributed by atoms with Crippen molar-refractivity contribution in [2.75, 3.05) is 6.61 Å². The van der Waals surface area contributed by atoms with Gasteiger partial charge < -0.3 is 24.4 Å². The summed E-state index contributed by atoms with van der Waals surface area (Å²) < 4.78 is 10.7. The molecule has 7 nitrogen and oxygen atoms in total. The van der Waals surface area contributed by atoms with Gasteiger partial charge >= 0.3 is 5.63 Å². The second-order valence-electron chi connectivity index (χ2n) is 6.11. The van der Waals surface area contributed by atoms with E-state index in [4.69, 9.17) is 9.15 Å². The first-order chi connectivity index (χ1) is 13.0. The van der Waals surface area contributed by atoms with Gasteiger partial charge in [0.05, 0.1) is 17.4 Å². The van der Waals surface area contributed by atoms with Crippen LogP contribution in [0.25, 0.3) is 21.7 Å². The van der Waals surface area contributed by atoms with Crippen molar-refractivity contribution in [2.24, 2.45) is 0 Å². The van der Waals surface area contributed by atoms with E-state index in [1.807, 2.05) is 19.1 Å². The van der Waals surface area contributed by atoms with Crippen molar-refractivity contribution in [3.63, 3.8) is 0 Å². The topological polar surface area (TPSA) is 109 Å². The summed E-state index contributed by atoms with van der Waals surface area (Å²) in [5, 5.41) is 15.3. The molecule has 1 N–H and O–H groups in total. The molecule has 0 unspecified atom stereocenters. The molecular formula is C20H18NO6-. The van der Waals surface area contributed by atoms with Crippen molar-refractivity contribution in [3.05, 3.63) is 52.9 Å². The average molecular weight is 368 g/mol. The zero-order valence-corrected chi connectivity index (χ0v) is 14.7. The Morgan fingerprint density at radius 1 is 1.15 bits per heavy atom. The Balaban J connectivity index is 1.76. The highest BCUT2D eigenvalue weighted by atomic mass is 16.5. The number of fused-ring (bicyclic) bond motifs is 3. The highest BCUT2D eigenvalue weighted by molar-refractivity contribution is 6.04. The molecule has 0 bridgehead atoms. The zero-order valence-electron chi connectivity index (χ0n) is 14.7.